The fraction of sp³-hybridized carbons (Fsp3) is 0.500. The number of hydrogen-bond acceptors (Lipinski definition) is 4. The molecule has 1 aromatic carbocycles. The summed E-state index contributed by atoms with van der Waals surface area (Å²) in [4.78, 5) is 22.8. The average Bonchev–Trinajstić information content (AvgIpc) is 2.49. The summed E-state index contributed by atoms with van der Waals surface area (Å²) in [5.41, 5.74) is 0.270. The van der Waals surface area contributed by atoms with Gasteiger partial charge in [-0.3, -0.25) is 4.79 Å². The van der Waals surface area contributed by atoms with Crippen molar-refractivity contribution in [3.8, 4) is 0 Å². The van der Waals surface area contributed by atoms with Gasteiger partial charge in [0.15, 0.2) is 0 Å². The van der Waals surface area contributed by atoms with Crippen LogP contribution in [0.15, 0.2) is 24.3 Å². The van der Waals surface area contributed by atoms with Crippen molar-refractivity contribution in [2.45, 2.75) is 38.6 Å². The molecule has 132 valence electrons. The van der Waals surface area contributed by atoms with Crippen molar-refractivity contribution in [2.24, 2.45) is 5.92 Å². The summed E-state index contributed by atoms with van der Waals surface area (Å²) in [6.07, 6.45) is 3.51. The first kappa shape index (κ1) is 18.4. The van der Waals surface area contributed by atoms with Gasteiger partial charge in [0.05, 0.1) is 5.56 Å². The molecule has 1 aliphatic rings. The number of nitrogens with one attached hydrogen (secondary N) is 2. The highest BCUT2D eigenvalue weighted by Gasteiger charge is 2.24. The third kappa shape index (κ3) is 5.61. The molecule has 0 saturated heterocycles. The number of rotatable bonds is 6. The number of benzene rings is 1. The molecular formula is C16H22N2O5S. The Kier molecular flexibility index (Phi) is 5.95. The lowest BCUT2D eigenvalue weighted by Gasteiger charge is -2.26. The number of carbonyl (C=O) groups is 2. The molecule has 0 unspecified atom stereocenters. The zero-order valence-electron chi connectivity index (χ0n) is 13.5. The molecule has 0 atom stereocenters. The second-order valence-corrected chi connectivity index (χ2v) is 8.02. The van der Waals surface area contributed by atoms with E-state index in [1.54, 1.807) is 0 Å². The molecule has 3 N–H and O–H groups in total. The maximum Gasteiger partial charge on any atom is 0.335 e. The first-order valence-electron chi connectivity index (χ1n) is 7.88. The molecule has 1 amide bonds. The van der Waals surface area contributed by atoms with E-state index >= 15 is 0 Å². The van der Waals surface area contributed by atoms with Gasteiger partial charge in [-0.05, 0) is 49.8 Å². The fourth-order valence-corrected chi connectivity index (χ4v) is 4.02. The van der Waals surface area contributed by atoms with Crippen LogP contribution in [0, 0.1) is 5.92 Å². The second-order valence-electron chi connectivity index (χ2n) is 6.27. The Morgan fingerprint density at radius 1 is 1.21 bits per heavy atom. The zero-order valence-corrected chi connectivity index (χ0v) is 14.3. The summed E-state index contributed by atoms with van der Waals surface area (Å²) in [7, 11) is -3.72. The highest BCUT2D eigenvalue weighted by atomic mass is 32.2. The van der Waals surface area contributed by atoms with E-state index in [0.29, 0.717) is 5.92 Å². The number of carbonyl (C=O) groups excluding carboxylic acids is 1. The van der Waals surface area contributed by atoms with Crippen LogP contribution in [0.25, 0.3) is 0 Å². The van der Waals surface area contributed by atoms with E-state index in [-0.39, 0.29) is 17.3 Å². The van der Waals surface area contributed by atoms with Crippen LogP contribution in [0.1, 0.15) is 43.0 Å². The van der Waals surface area contributed by atoms with Gasteiger partial charge in [0.25, 0.3) is 0 Å². The van der Waals surface area contributed by atoms with Crippen LogP contribution in [-0.4, -0.2) is 37.2 Å². The van der Waals surface area contributed by atoms with Gasteiger partial charge in [-0.25, -0.2) is 17.9 Å². The molecule has 0 aliphatic heterocycles. The molecule has 8 heteroatoms. The predicted octanol–water partition coefficient (Wildman–Crippen LogP) is 1.82. The Morgan fingerprint density at radius 2 is 1.88 bits per heavy atom. The highest BCUT2D eigenvalue weighted by Crippen LogP contribution is 2.23. The van der Waals surface area contributed by atoms with E-state index in [1.807, 2.05) is 0 Å². The van der Waals surface area contributed by atoms with Crippen LogP contribution in [-0.2, 0) is 14.8 Å². The lowest BCUT2D eigenvalue weighted by molar-refractivity contribution is -0.113. The van der Waals surface area contributed by atoms with Crippen LogP contribution >= 0.6 is 0 Å². The zero-order chi connectivity index (χ0) is 17.7. The molecular weight excluding hydrogens is 332 g/mol. The molecule has 24 heavy (non-hydrogen) atoms. The summed E-state index contributed by atoms with van der Waals surface area (Å²) < 4.78 is 26.8. The lowest BCUT2D eigenvalue weighted by atomic mass is 9.88. The topological polar surface area (TPSA) is 113 Å². The van der Waals surface area contributed by atoms with Crippen molar-refractivity contribution in [1.82, 2.24) is 4.72 Å². The molecule has 2 rings (SSSR count). The maximum atomic E-state index is 12.1. The third-order valence-electron chi connectivity index (χ3n) is 4.08. The third-order valence-corrected chi connectivity index (χ3v) is 5.41. The van der Waals surface area contributed by atoms with Crippen molar-refractivity contribution in [2.75, 3.05) is 11.1 Å². The van der Waals surface area contributed by atoms with Gasteiger partial charge in [-0.2, -0.15) is 0 Å². The molecule has 0 bridgehead atoms. The minimum Gasteiger partial charge on any atom is -0.478 e. The standard InChI is InChI=1S/C16H22N2O5S/c1-11-5-7-13(8-6-11)18-24(22,23)10-15(19)17-14-4-2-3-12(9-14)16(20)21/h2-4,9,11,13,18H,5-8,10H2,1H3,(H,17,19)(H,20,21). The Balaban J connectivity index is 1.91. The molecule has 1 saturated carbocycles. The monoisotopic (exact) mass is 354 g/mol. The molecule has 7 nitrogen and oxygen atoms in total. The van der Waals surface area contributed by atoms with Gasteiger partial charge in [-0.15, -0.1) is 0 Å². The van der Waals surface area contributed by atoms with E-state index in [4.69, 9.17) is 5.11 Å². The van der Waals surface area contributed by atoms with Gasteiger partial charge in [0, 0.05) is 11.7 Å². The Bertz CT molecular complexity index is 709. The van der Waals surface area contributed by atoms with Crippen LogP contribution in [0.5, 0.6) is 0 Å². The number of hydrogen-bond donors (Lipinski definition) is 3. The van der Waals surface area contributed by atoms with Gasteiger partial charge < -0.3 is 10.4 Å². The molecule has 0 aromatic heterocycles. The highest BCUT2D eigenvalue weighted by molar-refractivity contribution is 7.90. The predicted molar refractivity (Wildman–Crippen MR) is 90.4 cm³/mol. The number of anilines is 1. The largest absolute Gasteiger partial charge is 0.478 e. The van der Waals surface area contributed by atoms with Crippen LogP contribution in [0.2, 0.25) is 0 Å². The Morgan fingerprint density at radius 3 is 2.50 bits per heavy atom. The van der Waals surface area contributed by atoms with Gasteiger partial charge in [0.1, 0.15) is 5.75 Å². The number of aromatic carboxylic acids is 1. The molecule has 0 heterocycles. The first-order chi connectivity index (χ1) is 11.2. The lowest BCUT2D eigenvalue weighted by Crippen LogP contribution is -2.41. The van der Waals surface area contributed by atoms with Crippen molar-refractivity contribution < 1.29 is 23.1 Å². The van der Waals surface area contributed by atoms with E-state index in [2.05, 4.69) is 17.0 Å². The van der Waals surface area contributed by atoms with Crippen molar-refractivity contribution in [3.63, 3.8) is 0 Å². The summed E-state index contributed by atoms with van der Waals surface area (Å²) in [6, 6.07) is 5.54. The fourth-order valence-electron chi connectivity index (χ4n) is 2.77. The average molecular weight is 354 g/mol. The van der Waals surface area contributed by atoms with Crippen molar-refractivity contribution in [3.05, 3.63) is 29.8 Å². The Hall–Kier alpha value is -1.93. The van der Waals surface area contributed by atoms with E-state index in [0.717, 1.165) is 25.7 Å². The number of sulfonamides is 1. The second kappa shape index (κ2) is 7.76. The van der Waals surface area contributed by atoms with E-state index in [9.17, 15) is 18.0 Å². The number of amides is 1. The summed E-state index contributed by atoms with van der Waals surface area (Å²) in [6.45, 7) is 2.14. The van der Waals surface area contributed by atoms with Gasteiger partial charge >= 0.3 is 5.97 Å². The summed E-state index contributed by atoms with van der Waals surface area (Å²) in [5, 5.41) is 11.3. The van der Waals surface area contributed by atoms with E-state index < -0.39 is 27.7 Å². The minimum absolute atomic E-state index is 0.0186. The number of carboxylic acid groups (broad SMARTS) is 1. The van der Waals surface area contributed by atoms with Gasteiger partial charge in [0.2, 0.25) is 15.9 Å². The minimum atomic E-state index is -3.72. The molecule has 1 aliphatic carbocycles. The first-order valence-corrected chi connectivity index (χ1v) is 9.53. The quantitative estimate of drug-likeness (QED) is 0.721. The van der Waals surface area contributed by atoms with Crippen molar-refractivity contribution in [1.29, 1.82) is 0 Å². The van der Waals surface area contributed by atoms with Crippen LogP contribution < -0.4 is 10.0 Å². The van der Waals surface area contributed by atoms with Crippen LogP contribution in [0.4, 0.5) is 5.69 Å². The summed E-state index contributed by atoms with van der Waals surface area (Å²) >= 11 is 0. The van der Waals surface area contributed by atoms with Gasteiger partial charge in [-0.1, -0.05) is 13.0 Å². The molecule has 0 spiro atoms. The normalized spacial score (nSPS) is 21.2. The smallest absolute Gasteiger partial charge is 0.335 e. The number of carboxylic acids is 1. The molecule has 1 fully saturated rings. The SMILES string of the molecule is CC1CCC(NS(=O)(=O)CC(=O)Nc2cccc(C(=O)O)c2)CC1. The molecule has 0 radical (unpaired) electrons. The van der Waals surface area contributed by atoms with Crippen molar-refractivity contribution >= 4 is 27.6 Å². The maximum absolute atomic E-state index is 12.1. The summed E-state index contributed by atoms with van der Waals surface area (Å²) in [5.74, 6) is -1.90. The van der Waals surface area contributed by atoms with Crippen LogP contribution in [0.3, 0.4) is 0 Å². The Labute approximate surface area is 141 Å². The molecule has 1 aromatic rings. The van der Waals surface area contributed by atoms with E-state index in [1.165, 1.54) is 24.3 Å².